The summed E-state index contributed by atoms with van der Waals surface area (Å²) in [5.41, 5.74) is 0.487. The Bertz CT molecular complexity index is 807. The lowest BCUT2D eigenvalue weighted by atomic mass is 10.3. The van der Waals surface area contributed by atoms with Crippen LogP contribution in [0.1, 0.15) is 0 Å². The molecule has 0 aliphatic carbocycles. The van der Waals surface area contributed by atoms with E-state index in [-0.39, 0.29) is 10.6 Å². The number of carbonyl (C=O) groups is 1. The van der Waals surface area contributed by atoms with E-state index in [0.29, 0.717) is 23.9 Å². The minimum absolute atomic E-state index is 0.0101. The monoisotopic (exact) mass is 384 g/mol. The van der Waals surface area contributed by atoms with E-state index in [0.717, 1.165) is 0 Å². The smallest absolute Gasteiger partial charge is 0.339 e. The SMILES string of the molecule is COc1ccc(S(=O)(=O)Oc2ccc(NC(=O)NCCCl)cc2)cc1. The summed E-state index contributed by atoms with van der Waals surface area (Å²) in [4.78, 5) is 11.5. The number of hydrogen-bond acceptors (Lipinski definition) is 5. The molecular weight excluding hydrogens is 368 g/mol. The zero-order valence-corrected chi connectivity index (χ0v) is 14.9. The molecule has 2 amide bonds. The van der Waals surface area contributed by atoms with Crippen molar-refractivity contribution in [1.82, 2.24) is 5.32 Å². The molecule has 25 heavy (non-hydrogen) atoms. The number of nitrogens with one attached hydrogen (secondary N) is 2. The zero-order chi connectivity index (χ0) is 18.3. The first-order valence-electron chi connectivity index (χ1n) is 7.24. The van der Waals surface area contributed by atoms with Gasteiger partial charge >= 0.3 is 16.1 Å². The molecule has 0 aliphatic rings. The molecule has 0 saturated carbocycles. The molecule has 0 unspecified atom stereocenters. The summed E-state index contributed by atoms with van der Waals surface area (Å²) in [7, 11) is -2.46. The second kappa shape index (κ2) is 8.59. The maximum Gasteiger partial charge on any atom is 0.339 e. The van der Waals surface area contributed by atoms with E-state index >= 15 is 0 Å². The van der Waals surface area contributed by atoms with Gasteiger partial charge in [-0.15, -0.1) is 11.6 Å². The van der Waals surface area contributed by atoms with Gasteiger partial charge in [0.1, 0.15) is 16.4 Å². The van der Waals surface area contributed by atoms with Crippen LogP contribution in [0.5, 0.6) is 11.5 Å². The van der Waals surface area contributed by atoms with Gasteiger partial charge in [-0.05, 0) is 48.5 Å². The lowest BCUT2D eigenvalue weighted by molar-refractivity contribution is 0.252. The van der Waals surface area contributed by atoms with Crippen molar-refractivity contribution in [2.24, 2.45) is 0 Å². The predicted molar refractivity (Wildman–Crippen MR) is 95.0 cm³/mol. The van der Waals surface area contributed by atoms with Gasteiger partial charge in [-0.25, -0.2) is 4.79 Å². The summed E-state index contributed by atoms with van der Waals surface area (Å²) in [6, 6.07) is 11.4. The van der Waals surface area contributed by atoms with Crippen molar-refractivity contribution in [3.63, 3.8) is 0 Å². The van der Waals surface area contributed by atoms with Gasteiger partial charge in [-0.1, -0.05) is 0 Å². The van der Waals surface area contributed by atoms with Crippen molar-refractivity contribution in [3.05, 3.63) is 48.5 Å². The molecule has 0 saturated heterocycles. The third kappa shape index (κ3) is 5.54. The van der Waals surface area contributed by atoms with Gasteiger partial charge in [-0.3, -0.25) is 0 Å². The summed E-state index contributed by atoms with van der Waals surface area (Å²) >= 11 is 5.48. The molecule has 0 fully saturated rings. The number of methoxy groups -OCH3 is 1. The molecule has 0 radical (unpaired) electrons. The van der Waals surface area contributed by atoms with Crippen LogP contribution in [0, 0.1) is 0 Å². The number of hydrogen-bond donors (Lipinski definition) is 2. The average Bonchev–Trinajstić information content (AvgIpc) is 2.61. The van der Waals surface area contributed by atoms with Crippen LogP contribution in [0.15, 0.2) is 53.4 Å². The lowest BCUT2D eigenvalue weighted by Crippen LogP contribution is -2.30. The molecule has 0 spiro atoms. The Morgan fingerprint density at radius 1 is 1.04 bits per heavy atom. The van der Waals surface area contributed by atoms with E-state index in [4.69, 9.17) is 20.5 Å². The van der Waals surface area contributed by atoms with Gasteiger partial charge in [0.2, 0.25) is 0 Å². The van der Waals surface area contributed by atoms with Crippen LogP contribution >= 0.6 is 11.6 Å². The summed E-state index contributed by atoms with van der Waals surface area (Å²) < 4.78 is 34.5. The number of halogens is 1. The highest BCUT2D eigenvalue weighted by atomic mass is 35.5. The standard InChI is InChI=1S/C16H17ClN2O5S/c1-23-13-6-8-15(9-7-13)25(21,22)24-14-4-2-12(3-5-14)19-16(20)18-11-10-17/h2-9H,10-11H2,1H3,(H2,18,19,20). The Kier molecular flexibility index (Phi) is 6.49. The number of alkyl halides is 1. The van der Waals surface area contributed by atoms with E-state index in [1.54, 1.807) is 0 Å². The minimum Gasteiger partial charge on any atom is -0.497 e. The summed E-state index contributed by atoms with van der Waals surface area (Å²) in [5.74, 6) is 0.980. The number of benzene rings is 2. The fourth-order valence-electron chi connectivity index (χ4n) is 1.85. The van der Waals surface area contributed by atoms with Gasteiger partial charge in [0.25, 0.3) is 0 Å². The quantitative estimate of drug-likeness (QED) is 0.565. The van der Waals surface area contributed by atoms with Crippen molar-refractivity contribution in [2.45, 2.75) is 4.90 Å². The fraction of sp³-hybridized carbons (Fsp3) is 0.188. The molecule has 0 bridgehead atoms. The van der Waals surface area contributed by atoms with Gasteiger partial charge in [0.05, 0.1) is 7.11 Å². The number of anilines is 1. The molecular formula is C16H17ClN2O5S. The summed E-state index contributed by atoms with van der Waals surface area (Å²) in [6.07, 6.45) is 0. The largest absolute Gasteiger partial charge is 0.497 e. The first-order valence-corrected chi connectivity index (χ1v) is 9.18. The van der Waals surface area contributed by atoms with E-state index in [1.165, 1.54) is 55.6 Å². The van der Waals surface area contributed by atoms with Gasteiger partial charge < -0.3 is 19.6 Å². The summed E-state index contributed by atoms with van der Waals surface area (Å²) in [6.45, 7) is 0.342. The molecule has 0 aliphatic heterocycles. The van der Waals surface area contributed by atoms with Crippen LogP contribution in [0.3, 0.4) is 0 Å². The number of amides is 2. The van der Waals surface area contributed by atoms with E-state index in [9.17, 15) is 13.2 Å². The van der Waals surface area contributed by atoms with E-state index in [1.807, 2.05) is 0 Å². The summed E-state index contributed by atoms with van der Waals surface area (Å²) in [5, 5.41) is 5.13. The van der Waals surface area contributed by atoms with Crippen LogP contribution in [0.4, 0.5) is 10.5 Å². The Balaban J connectivity index is 2.03. The Morgan fingerprint density at radius 3 is 2.20 bits per heavy atom. The zero-order valence-electron chi connectivity index (χ0n) is 13.4. The molecule has 2 aromatic rings. The predicted octanol–water partition coefficient (Wildman–Crippen LogP) is 2.82. The van der Waals surface area contributed by atoms with E-state index in [2.05, 4.69) is 10.6 Å². The van der Waals surface area contributed by atoms with Gasteiger partial charge in [-0.2, -0.15) is 8.42 Å². The van der Waals surface area contributed by atoms with Crippen molar-refractivity contribution in [2.75, 3.05) is 24.9 Å². The maximum atomic E-state index is 12.2. The van der Waals surface area contributed by atoms with Crippen molar-refractivity contribution < 1.29 is 22.1 Å². The van der Waals surface area contributed by atoms with E-state index < -0.39 is 16.1 Å². The number of ether oxygens (including phenoxy) is 1. The Labute approximate surface area is 151 Å². The molecule has 2 aromatic carbocycles. The van der Waals surface area contributed by atoms with Crippen LogP contribution in [-0.2, 0) is 10.1 Å². The lowest BCUT2D eigenvalue weighted by Gasteiger charge is -2.09. The topological polar surface area (TPSA) is 93.7 Å². The molecule has 2 N–H and O–H groups in total. The normalized spacial score (nSPS) is 10.8. The van der Waals surface area contributed by atoms with Crippen molar-refractivity contribution in [3.8, 4) is 11.5 Å². The van der Waals surface area contributed by atoms with Gasteiger partial charge in [0, 0.05) is 18.1 Å². The molecule has 0 aromatic heterocycles. The van der Waals surface area contributed by atoms with Gasteiger partial charge in [0.15, 0.2) is 0 Å². The average molecular weight is 385 g/mol. The van der Waals surface area contributed by atoms with Crippen LogP contribution in [0.25, 0.3) is 0 Å². The third-order valence-electron chi connectivity index (χ3n) is 3.05. The maximum absolute atomic E-state index is 12.2. The highest BCUT2D eigenvalue weighted by molar-refractivity contribution is 7.87. The second-order valence-electron chi connectivity index (χ2n) is 4.81. The third-order valence-corrected chi connectivity index (χ3v) is 4.50. The van der Waals surface area contributed by atoms with Crippen molar-refractivity contribution in [1.29, 1.82) is 0 Å². The second-order valence-corrected chi connectivity index (χ2v) is 6.73. The molecule has 9 heteroatoms. The van der Waals surface area contributed by atoms with Crippen LogP contribution in [0.2, 0.25) is 0 Å². The highest BCUT2D eigenvalue weighted by Crippen LogP contribution is 2.22. The number of carbonyl (C=O) groups excluding carboxylic acids is 1. The molecule has 0 atom stereocenters. The van der Waals surface area contributed by atoms with Crippen molar-refractivity contribution >= 4 is 33.4 Å². The molecule has 0 heterocycles. The first-order chi connectivity index (χ1) is 11.9. The first kappa shape index (κ1) is 18.9. The Morgan fingerprint density at radius 2 is 1.64 bits per heavy atom. The minimum atomic E-state index is -3.96. The fourth-order valence-corrected chi connectivity index (χ4v) is 2.87. The molecule has 7 nitrogen and oxygen atoms in total. The highest BCUT2D eigenvalue weighted by Gasteiger charge is 2.16. The van der Waals surface area contributed by atoms with Crippen LogP contribution < -0.4 is 19.6 Å². The molecule has 2 rings (SSSR count). The van der Waals surface area contributed by atoms with Crippen LogP contribution in [-0.4, -0.2) is 34.0 Å². The number of urea groups is 1. The molecule has 134 valence electrons. The number of rotatable bonds is 7. The Hall–Kier alpha value is -2.45.